The van der Waals surface area contributed by atoms with Gasteiger partial charge in [0.05, 0.1) is 17.2 Å². The zero-order valence-corrected chi connectivity index (χ0v) is 15.7. The molecule has 148 valence electrons. The van der Waals surface area contributed by atoms with Crippen LogP contribution in [0.4, 0.5) is 18.9 Å². The van der Waals surface area contributed by atoms with Crippen molar-refractivity contribution in [2.24, 2.45) is 0 Å². The molecule has 0 aromatic heterocycles. The minimum atomic E-state index is -4.45. The second-order valence-electron chi connectivity index (χ2n) is 7.02. The van der Waals surface area contributed by atoms with E-state index < -0.39 is 17.7 Å². The van der Waals surface area contributed by atoms with Crippen LogP contribution in [-0.4, -0.2) is 18.0 Å². The van der Waals surface area contributed by atoms with Gasteiger partial charge in [-0.25, -0.2) is 10.0 Å². The first-order valence-electron chi connectivity index (χ1n) is 9.22. The molecule has 1 atom stereocenters. The molecule has 1 unspecified atom stereocenters. The van der Waals surface area contributed by atoms with Crippen molar-refractivity contribution in [2.75, 3.05) is 12.1 Å². The van der Waals surface area contributed by atoms with E-state index in [-0.39, 0.29) is 18.0 Å². The fourth-order valence-corrected chi connectivity index (χ4v) is 3.87. The molecule has 1 aliphatic rings. The van der Waals surface area contributed by atoms with E-state index in [1.54, 1.807) is 18.1 Å². The number of carbonyl (C=O) groups is 1. The van der Waals surface area contributed by atoms with E-state index in [1.165, 1.54) is 17.1 Å². The lowest BCUT2D eigenvalue weighted by molar-refractivity contribution is -0.138. The number of amides is 1. The summed E-state index contributed by atoms with van der Waals surface area (Å²) in [4.78, 5) is 13.3. The fourth-order valence-electron chi connectivity index (χ4n) is 3.87. The molecule has 0 saturated heterocycles. The summed E-state index contributed by atoms with van der Waals surface area (Å²) in [5.74, 6) is -0.655. The van der Waals surface area contributed by atoms with Crippen molar-refractivity contribution >= 4 is 11.6 Å². The number of benzene rings is 3. The van der Waals surface area contributed by atoms with Crippen LogP contribution in [0.5, 0.6) is 0 Å². The summed E-state index contributed by atoms with van der Waals surface area (Å²) >= 11 is 0. The van der Waals surface area contributed by atoms with Gasteiger partial charge in [-0.1, -0.05) is 66.7 Å². The normalized spacial score (nSPS) is 16.4. The van der Waals surface area contributed by atoms with Crippen LogP contribution in [0.2, 0.25) is 0 Å². The Morgan fingerprint density at radius 2 is 1.52 bits per heavy atom. The van der Waals surface area contributed by atoms with Gasteiger partial charge in [-0.2, -0.15) is 13.2 Å². The third-order valence-electron chi connectivity index (χ3n) is 5.13. The van der Waals surface area contributed by atoms with Crippen LogP contribution in [0.1, 0.15) is 28.2 Å². The molecule has 3 nitrogen and oxygen atoms in total. The molecule has 0 spiro atoms. The first-order valence-corrected chi connectivity index (χ1v) is 9.22. The molecular formula is C23H19F3N2O. The number of nitrogens with zero attached hydrogens (tertiary/aromatic N) is 2. The predicted octanol–water partition coefficient (Wildman–Crippen LogP) is 5.23. The number of para-hydroxylation sites is 1. The van der Waals surface area contributed by atoms with Gasteiger partial charge in [-0.05, 0) is 28.8 Å². The third-order valence-corrected chi connectivity index (χ3v) is 5.13. The van der Waals surface area contributed by atoms with Gasteiger partial charge >= 0.3 is 6.18 Å². The van der Waals surface area contributed by atoms with Gasteiger partial charge in [0.15, 0.2) is 0 Å². The molecule has 0 radical (unpaired) electrons. The maximum atomic E-state index is 13.4. The summed E-state index contributed by atoms with van der Waals surface area (Å²) in [5, 5.41) is 3.04. The van der Waals surface area contributed by atoms with E-state index in [2.05, 4.69) is 0 Å². The molecule has 0 fully saturated rings. The Morgan fingerprint density at radius 3 is 2.24 bits per heavy atom. The zero-order chi connectivity index (χ0) is 20.6. The Bertz CT molecular complexity index is 1030. The Labute approximate surface area is 167 Å². The highest BCUT2D eigenvalue weighted by Crippen LogP contribution is 2.42. The molecule has 1 aliphatic heterocycles. The standard InChI is InChI=1S/C23H19F3N2O/c1-27(15-17-11-5-7-13-19(17)23(24,25)26)28-20-14-8-6-12-18(20)21(22(28)29)16-9-3-2-4-10-16/h2-14,21H,15H2,1H3. The minimum Gasteiger partial charge on any atom is -0.272 e. The lowest BCUT2D eigenvalue weighted by Gasteiger charge is -2.30. The van der Waals surface area contributed by atoms with Gasteiger partial charge in [-0.15, -0.1) is 0 Å². The molecule has 0 saturated carbocycles. The Kier molecular flexibility index (Phi) is 4.88. The smallest absolute Gasteiger partial charge is 0.272 e. The van der Waals surface area contributed by atoms with E-state index in [9.17, 15) is 18.0 Å². The highest BCUT2D eigenvalue weighted by atomic mass is 19.4. The lowest BCUT2D eigenvalue weighted by atomic mass is 9.93. The maximum absolute atomic E-state index is 13.4. The summed E-state index contributed by atoms with van der Waals surface area (Å²) in [6.07, 6.45) is -4.45. The van der Waals surface area contributed by atoms with Gasteiger partial charge in [-0.3, -0.25) is 4.79 Å². The average Bonchev–Trinajstić information content (AvgIpc) is 3.00. The number of halogens is 3. The van der Waals surface area contributed by atoms with Crippen molar-refractivity contribution in [3.05, 3.63) is 101 Å². The number of hydrogen-bond donors (Lipinski definition) is 0. The monoisotopic (exact) mass is 396 g/mol. The van der Waals surface area contributed by atoms with E-state index in [0.29, 0.717) is 5.69 Å². The van der Waals surface area contributed by atoms with Crippen LogP contribution in [0.15, 0.2) is 78.9 Å². The van der Waals surface area contributed by atoms with Gasteiger partial charge in [0, 0.05) is 13.6 Å². The van der Waals surface area contributed by atoms with Crippen molar-refractivity contribution in [3.8, 4) is 0 Å². The van der Waals surface area contributed by atoms with Crippen molar-refractivity contribution < 1.29 is 18.0 Å². The first kappa shape index (κ1) is 19.2. The van der Waals surface area contributed by atoms with Gasteiger partial charge < -0.3 is 0 Å². The number of fused-ring (bicyclic) bond motifs is 1. The molecule has 1 amide bonds. The molecular weight excluding hydrogens is 377 g/mol. The molecule has 1 heterocycles. The fraction of sp³-hybridized carbons (Fsp3) is 0.174. The molecule has 3 aromatic carbocycles. The zero-order valence-electron chi connectivity index (χ0n) is 15.7. The highest BCUT2D eigenvalue weighted by Gasteiger charge is 2.40. The molecule has 3 aromatic rings. The Hall–Kier alpha value is -3.12. The van der Waals surface area contributed by atoms with Crippen molar-refractivity contribution in [2.45, 2.75) is 18.6 Å². The largest absolute Gasteiger partial charge is 0.416 e. The van der Waals surface area contributed by atoms with Crippen LogP contribution in [0.3, 0.4) is 0 Å². The minimum absolute atomic E-state index is 0.0444. The number of hydrazine groups is 1. The van der Waals surface area contributed by atoms with Gasteiger partial charge in [0.25, 0.3) is 5.91 Å². The second kappa shape index (κ2) is 7.37. The van der Waals surface area contributed by atoms with Crippen molar-refractivity contribution in [1.82, 2.24) is 5.01 Å². The summed E-state index contributed by atoms with van der Waals surface area (Å²) in [6, 6.07) is 22.3. The second-order valence-corrected chi connectivity index (χ2v) is 7.02. The number of hydrogen-bond acceptors (Lipinski definition) is 2. The lowest BCUT2D eigenvalue weighted by Crippen LogP contribution is -2.43. The number of rotatable bonds is 4. The predicted molar refractivity (Wildman–Crippen MR) is 105 cm³/mol. The van der Waals surface area contributed by atoms with E-state index in [1.807, 2.05) is 54.6 Å². The van der Waals surface area contributed by atoms with E-state index in [4.69, 9.17) is 0 Å². The molecule has 4 rings (SSSR count). The maximum Gasteiger partial charge on any atom is 0.416 e. The van der Waals surface area contributed by atoms with E-state index >= 15 is 0 Å². The van der Waals surface area contributed by atoms with E-state index in [0.717, 1.165) is 17.2 Å². The number of anilines is 1. The molecule has 0 bridgehead atoms. The van der Waals surface area contributed by atoms with Crippen LogP contribution in [-0.2, 0) is 17.5 Å². The summed E-state index contributed by atoms with van der Waals surface area (Å²) in [6.45, 7) is -0.0444. The highest BCUT2D eigenvalue weighted by molar-refractivity contribution is 6.06. The summed E-state index contributed by atoms with van der Waals surface area (Å²) in [5.41, 5.74) is 1.83. The van der Waals surface area contributed by atoms with Crippen LogP contribution < -0.4 is 5.01 Å². The summed E-state index contributed by atoms with van der Waals surface area (Å²) < 4.78 is 40.1. The molecule has 0 aliphatic carbocycles. The quantitative estimate of drug-likeness (QED) is 0.603. The molecule has 29 heavy (non-hydrogen) atoms. The SMILES string of the molecule is CN(Cc1ccccc1C(F)(F)F)N1C(=O)C(c2ccccc2)c2ccccc21. The van der Waals surface area contributed by atoms with Gasteiger partial charge in [0.2, 0.25) is 0 Å². The average molecular weight is 396 g/mol. The third kappa shape index (κ3) is 3.51. The van der Waals surface area contributed by atoms with Crippen LogP contribution in [0, 0.1) is 0 Å². The summed E-state index contributed by atoms with van der Waals surface area (Å²) in [7, 11) is 1.63. The topological polar surface area (TPSA) is 23.6 Å². The van der Waals surface area contributed by atoms with Crippen molar-refractivity contribution in [3.63, 3.8) is 0 Å². The van der Waals surface area contributed by atoms with Crippen molar-refractivity contribution in [1.29, 1.82) is 0 Å². The number of alkyl halides is 3. The molecule has 6 heteroatoms. The van der Waals surface area contributed by atoms with Gasteiger partial charge in [0.1, 0.15) is 0 Å². The number of carbonyl (C=O) groups excluding carboxylic acids is 1. The Morgan fingerprint density at radius 1 is 0.897 bits per heavy atom. The van der Waals surface area contributed by atoms with Crippen LogP contribution >= 0.6 is 0 Å². The Balaban J connectivity index is 1.70. The first-order chi connectivity index (χ1) is 13.9. The molecule has 0 N–H and O–H groups in total. The van der Waals surface area contributed by atoms with Crippen LogP contribution in [0.25, 0.3) is 0 Å².